The lowest BCUT2D eigenvalue weighted by atomic mass is 10.1. The van der Waals surface area contributed by atoms with Crippen molar-refractivity contribution in [2.24, 2.45) is 0 Å². The zero-order valence-corrected chi connectivity index (χ0v) is 16.5. The SMILES string of the molecule is COc1ccc(N2CCN(CCCc3ccc4[nH]c(=S)[nH]c4c3)CC2)cc1. The van der Waals surface area contributed by atoms with E-state index in [0.29, 0.717) is 4.77 Å². The number of nitrogens with one attached hydrogen (secondary N) is 2. The molecule has 27 heavy (non-hydrogen) atoms. The van der Waals surface area contributed by atoms with Crippen molar-refractivity contribution in [3.8, 4) is 5.75 Å². The highest BCUT2D eigenvalue weighted by Crippen LogP contribution is 2.21. The van der Waals surface area contributed by atoms with Gasteiger partial charge in [-0.05, 0) is 73.6 Å². The number of ether oxygens (including phenoxy) is 1. The summed E-state index contributed by atoms with van der Waals surface area (Å²) in [6.45, 7) is 5.56. The summed E-state index contributed by atoms with van der Waals surface area (Å²) in [4.78, 5) is 11.4. The third-order valence-electron chi connectivity index (χ3n) is 5.33. The number of nitrogens with zero attached hydrogens (tertiary/aromatic N) is 2. The predicted octanol–water partition coefficient (Wildman–Crippen LogP) is 3.99. The lowest BCUT2D eigenvalue weighted by molar-refractivity contribution is 0.255. The maximum Gasteiger partial charge on any atom is 0.175 e. The first-order valence-electron chi connectivity index (χ1n) is 9.53. The number of benzene rings is 2. The summed E-state index contributed by atoms with van der Waals surface area (Å²) in [7, 11) is 1.71. The van der Waals surface area contributed by atoms with Crippen molar-refractivity contribution in [1.29, 1.82) is 0 Å². The topological polar surface area (TPSA) is 47.3 Å². The number of methoxy groups -OCH3 is 1. The Kier molecular flexibility index (Phi) is 5.45. The second kappa shape index (κ2) is 8.15. The lowest BCUT2D eigenvalue weighted by Gasteiger charge is -2.36. The van der Waals surface area contributed by atoms with Crippen LogP contribution < -0.4 is 9.64 Å². The Balaban J connectivity index is 1.24. The number of H-pyrrole nitrogens is 2. The molecule has 0 bridgehead atoms. The second-order valence-corrected chi connectivity index (χ2v) is 7.50. The zero-order chi connectivity index (χ0) is 18.6. The Morgan fingerprint density at radius 3 is 2.44 bits per heavy atom. The van der Waals surface area contributed by atoms with Crippen LogP contribution in [-0.4, -0.2) is 54.7 Å². The van der Waals surface area contributed by atoms with Crippen LogP contribution in [-0.2, 0) is 6.42 Å². The molecule has 2 N–H and O–H groups in total. The van der Waals surface area contributed by atoms with E-state index in [1.165, 1.54) is 17.7 Å². The van der Waals surface area contributed by atoms with E-state index in [2.05, 4.69) is 50.1 Å². The molecular weight excluding hydrogens is 356 g/mol. The molecule has 1 fully saturated rings. The van der Waals surface area contributed by atoms with Gasteiger partial charge in [-0.25, -0.2) is 0 Å². The van der Waals surface area contributed by atoms with Crippen LogP contribution in [0.25, 0.3) is 11.0 Å². The zero-order valence-electron chi connectivity index (χ0n) is 15.7. The summed E-state index contributed by atoms with van der Waals surface area (Å²) >= 11 is 5.16. The molecule has 2 heterocycles. The fourth-order valence-electron chi connectivity index (χ4n) is 3.76. The maximum atomic E-state index is 5.24. The van der Waals surface area contributed by atoms with Crippen molar-refractivity contribution < 1.29 is 4.74 Å². The molecule has 6 heteroatoms. The fraction of sp³-hybridized carbons (Fsp3) is 0.381. The molecule has 0 aliphatic carbocycles. The van der Waals surface area contributed by atoms with Crippen molar-refractivity contribution in [2.45, 2.75) is 12.8 Å². The Morgan fingerprint density at radius 1 is 0.963 bits per heavy atom. The van der Waals surface area contributed by atoms with Crippen LogP contribution in [0, 0.1) is 4.77 Å². The minimum atomic E-state index is 0.692. The second-order valence-electron chi connectivity index (χ2n) is 7.09. The molecule has 5 nitrogen and oxygen atoms in total. The van der Waals surface area contributed by atoms with Gasteiger partial charge in [0.05, 0.1) is 18.1 Å². The molecule has 0 unspecified atom stereocenters. The smallest absolute Gasteiger partial charge is 0.175 e. The molecule has 4 rings (SSSR count). The first-order valence-corrected chi connectivity index (χ1v) is 9.94. The van der Waals surface area contributed by atoms with E-state index in [9.17, 15) is 0 Å². The summed E-state index contributed by atoms with van der Waals surface area (Å²) in [6.07, 6.45) is 2.28. The molecule has 0 atom stereocenters. The monoisotopic (exact) mass is 382 g/mol. The Bertz CT molecular complexity index is 939. The van der Waals surface area contributed by atoms with Gasteiger partial charge in [0.1, 0.15) is 5.75 Å². The molecule has 1 saturated heterocycles. The van der Waals surface area contributed by atoms with Crippen LogP contribution in [0.2, 0.25) is 0 Å². The van der Waals surface area contributed by atoms with Crippen LogP contribution in [0.15, 0.2) is 42.5 Å². The van der Waals surface area contributed by atoms with E-state index in [-0.39, 0.29) is 0 Å². The number of aromatic amines is 2. The van der Waals surface area contributed by atoms with Gasteiger partial charge in [-0.3, -0.25) is 4.90 Å². The van der Waals surface area contributed by atoms with Crippen LogP contribution >= 0.6 is 12.2 Å². The standard InChI is InChI=1S/C21H26N4OS/c1-26-18-7-5-17(6-8-18)25-13-11-24(12-14-25)10-2-3-16-4-9-19-20(15-16)23-21(27)22-19/h4-9,15H,2-3,10-14H2,1H3,(H2,22,23,27). The van der Waals surface area contributed by atoms with Gasteiger partial charge in [0.2, 0.25) is 0 Å². The number of hydrogen-bond acceptors (Lipinski definition) is 4. The quantitative estimate of drug-likeness (QED) is 0.633. The number of aryl methyl sites for hydroxylation is 1. The van der Waals surface area contributed by atoms with Crippen molar-refractivity contribution in [2.75, 3.05) is 44.7 Å². The summed E-state index contributed by atoms with van der Waals surface area (Å²) < 4.78 is 5.94. The number of hydrogen-bond donors (Lipinski definition) is 2. The molecule has 1 aliphatic rings. The number of aromatic nitrogens is 2. The molecule has 1 aliphatic heterocycles. The lowest BCUT2D eigenvalue weighted by Crippen LogP contribution is -2.46. The predicted molar refractivity (Wildman–Crippen MR) is 113 cm³/mol. The van der Waals surface area contributed by atoms with Gasteiger partial charge < -0.3 is 19.6 Å². The molecule has 3 aromatic rings. The van der Waals surface area contributed by atoms with Crippen LogP contribution in [0.5, 0.6) is 5.75 Å². The van der Waals surface area contributed by atoms with Crippen molar-refractivity contribution in [3.63, 3.8) is 0 Å². The van der Waals surface area contributed by atoms with E-state index in [4.69, 9.17) is 17.0 Å². The van der Waals surface area contributed by atoms with E-state index < -0.39 is 0 Å². The molecule has 0 radical (unpaired) electrons. The van der Waals surface area contributed by atoms with Crippen molar-refractivity contribution >= 4 is 28.9 Å². The first-order chi connectivity index (χ1) is 13.2. The maximum absolute atomic E-state index is 5.24. The van der Waals surface area contributed by atoms with Crippen LogP contribution in [0.4, 0.5) is 5.69 Å². The largest absolute Gasteiger partial charge is 0.497 e. The number of imidazole rings is 1. The van der Waals surface area contributed by atoms with Gasteiger partial charge in [-0.1, -0.05) is 6.07 Å². The van der Waals surface area contributed by atoms with Gasteiger partial charge in [0.25, 0.3) is 0 Å². The van der Waals surface area contributed by atoms with Gasteiger partial charge in [0, 0.05) is 31.9 Å². The van der Waals surface area contributed by atoms with E-state index >= 15 is 0 Å². The minimum Gasteiger partial charge on any atom is -0.497 e. The van der Waals surface area contributed by atoms with Crippen molar-refractivity contribution in [1.82, 2.24) is 14.9 Å². The highest BCUT2D eigenvalue weighted by atomic mass is 32.1. The molecule has 0 spiro atoms. The van der Waals surface area contributed by atoms with E-state index in [0.717, 1.165) is 55.9 Å². The summed E-state index contributed by atoms with van der Waals surface area (Å²) in [5, 5.41) is 0. The molecule has 0 amide bonds. The third kappa shape index (κ3) is 4.34. The van der Waals surface area contributed by atoms with Gasteiger partial charge in [-0.15, -0.1) is 0 Å². The molecular formula is C21H26N4OS. The summed E-state index contributed by atoms with van der Waals surface area (Å²) in [6, 6.07) is 14.9. The Hall–Kier alpha value is -2.31. The number of anilines is 1. The number of fused-ring (bicyclic) bond motifs is 1. The summed E-state index contributed by atoms with van der Waals surface area (Å²) in [5.41, 5.74) is 4.83. The average molecular weight is 383 g/mol. The van der Waals surface area contributed by atoms with E-state index in [1.54, 1.807) is 7.11 Å². The van der Waals surface area contributed by atoms with Crippen LogP contribution in [0.3, 0.4) is 0 Å². The fourth-order valence-corrected chi connectivity index (χ4v) is 3.98. The molecule has 142 valence electrons. The highest BCUT2D eigenvalue weighted by molar-refractivity contribution is 7.71. The normalized spacial score (nSPS) is 15.4. The van der Waals surface area contributed by atoms with Crippen molar-refractivity contribution in [3.05, 3.63) is 52.8 Å². The summed E-state index contributed by atoms with van der Waals surface area (Å²) in [5.74, 6) is 0.914. The minimum absolute atomic E-state index is 0.692. The average Bonchev–Trinajstić information content (AvgIpc) is 3.08. The van der Waals surface area contributed by atoms with Gasteiger partial charge >= 0.3 is 0 Å². The Morgan fingerprint density at radius 2 is 1.70 bits per heavy atom. The van der Waals surface area contributed by atoms with E-state index in [1.807, 2.05) is 12.1 Å². The third-order valence-corrected chi connectivity index (χ3v) is 5.53. The highest BCUT2D eigenvalue weighted by Gasteiger charge is 2.16. The van der Waals surface area contributed by atoms with Crippen LogP contribution in [0.1, 0.15) is 12.0 Å². The molecule has 0 saturated carbocycles. The number of piperazine rings is 1. The number of rotatable bonds is 6. The molecule has 2 aromatic carbocycles. The Labute approximate surface area is 165 Å². The first kappa shape index (κ1) is 18.1. The van der Waals surface area contributed by atoms with Gasteiger partial charge in [-0.2, -0.15) is 0 Å². The van der Waals surface area contributed by atoms with Gasteiger partial charge in [0.15, 0.2) is 4.77 Å². The molecule has 1 aromatic heterocycles.